The summed E-state index contributed by atoms with van der Waals surface area (Å²) < 4.78 is 0.951. The van der Waals surface area contributed by atoms with Gasteiger partial charge in [-0.15, -0.1) is 12.4 Å². The van der Waals surface area contributed by atoms with Gasteiger partial charge in [-0.1, -0.05) is 28.1 Å². The van der Waals surface area contributed by atoms with Crippen LogP contribution in [0, 0.1) is 0 Å². The minimum Gasteiger partial charge on any atom is -0.481 e. The molecule has 1 unspecified atom stereocenters. The van der Waals surface area contributed by atoms with E-state index in [0.717, 1.165) is 10.0 Å². The average Bonchev–Trinajstić information content (AvgIpc) is 2.02. The Morgan fingerprint density at radius 1 is 1.47 bits per heavy atom. The quantitative estimate of drug-likeness (QED) is 0.900. The highest BCUT2D eigenvalue weighted by atomic mass is 79.9. The van der Waals surface area contributed by atoms with E-state index in [4.69, 9.17) is 10.8 Å². The summed E-state index contributed by atoms with van der Waals surface area (Å²) in [6, 6.07) is 7.35. The molecule has 0 fully saturated rings. The van der Waals surface area contributed by atoms with Gasteiger partial charge >= 0.3 is 5.97 Å². The number of halogens is 2. The molecule has 0 saturated heterocycles. The Balaban J connectivity index is 0.00000196. The molecule has 84 valence electrons. The molecule has 0 heterocycles. The lowest BCUT2D eigenvalue weighted by atomic mass is 9.90. The summed E-state index contributed by atoms with van der Waals surface area (Å²) in [5, 5.41) is 8.68. The van der Waals surface area contributed by atoms with E-state index in [2.05, 4.69) is 15.9 Å². The number of carboxylic acid groups (broad SMARTS) is 1. The number of carbonyl (C=O) groups is 1. The van der Waals surface area contributed by atoms with Gasteiger partial charge in [-0.25, -0.2) is 0 Å². The molecule has 1 atom stereocenters. The highest BCUT2D eigenvalue weighted by Crippen LogP contribution is 2.23. The van der Waals surface area contributed by atoms with Crippen LogP contribution in [-0.4, -0.2) is 11.1 Å². The van der Waals surface area contributed by atoms with Gasteiger partial charge in [-0.3, -0.25) is 4.79 Å². The Hall–Kier alpha value is -0.580. The van der Waals surface area contributed by atoms with Crippen LogP contribution in [0.15, 0.2) is 28.7 Å². The molecule has 3 N–H and O–H groups in total. The zero-order valence-corrected chi connectivity index (χ0v) is 10.6. The molecule has 0 amide bonds. The Morgan fingerprint density at radius 3 is 2.33 bits per heavy atom. The molecule has 0 aromatic heterocycles. The normalized spacial score (nSPS) is 13.8. The maximum atomic E-state index is 10.6. The van der Waals surface area contributed by atoms with Gasteiger partial charge in [0.15, 0.2) is 0 Å². The van der Waals surface area contributed by atoms with Crippen LogP contribution in [0.25, 0.3) is 0 Å². The molecule has 0 saturated carbocycles. The van der Waals surface area contributed by atoms with Gasteiger partial charge in [-0.2, -0.15) is 0 Å². The molecule has 1 aromatic rings. The average molecular weight is 295 g/mol. The fourth-order valence-electron chi connectivity index (χ4n) is 1.25. The van der Waals surface area contributed by atoms with Crippen LogP contribution < -0.4 is 5.73 Å². The zero-order valence-electron chi connectivity index (χ0n) is 8.24. The second-order valence-corrected chi connectivity index (χ2v) is 4.41. The molecule has 0 bridgehead atoms. The molecule has 3 nitrogen and oxygen atoms in total. The molecule has 1 aromatic carbocycles. The van der Waals surface area contributed by atoms with Crippen molar-refractivity contribution in [2.24, 2.45) is 5.73 Å². The van der Waals surface area contributed by atoms with E-state index in [1.54, 1.807) is 6.92 Å². The Bertz CT molecular complexity index is 338. The van der Waals surface area contributed by atoms with E-state index in [9.17, 15) is 4.79 Å². The van der Waals surface area contributed by atoms with E-state index in [-0.39, 0.29) is 18.8 Å². The summed E-state index contributed by atoms with van der Waals surface area (Å²) >= 11 is 3.31. The van der Waals surface area contributed by atoms with Crippen molar-refractivity contribution >= 4 is 34.3 Å². The van der Waals surface area contributed by atoms with Crippen LogP contribution in [-0.2, 0) is 10.3 Å². The predicted molar refractivity (Wildman–Crippen MR) is 65.2 cm³/mol. The van der Waals surface area contributed by atoms with Gasteiger partial charge in [0.05, 0.1) is 6.42 Å². The minimum atomic E-state index is -0.891. The van der Waals surface area contributed by atoms with Crippen molar-refractivity contribution in [1.82, 2.24) is 0 Å². The Labute approximate surface area is 103 Å². The molecule has 0 aliphatic heterocycles. The van der Waals surface area contributed by atoms with Crippen molar-refractivity contribution in [3.05, 3.63) is 34.3 Å². The summed E-state index contributed by atoms with van der Waals surface area (Å²) in [6.07, 6.45) is -0.0748. The Morgan fingerprint density at radius 2 is 1.93 bits per heavy atom. The van der Waals surface area contributed by atoms with E-state index >= 15 is 0 Å². The van der Waals surface area contributed by atoms with Crippen molar-refractivity contribution < 1.29 is 9.90 Å². The van der Waals surface area contributed by atoms with Gasteiger partial charge in [0, 0.05) is 10.0 Å². The summed E-state index contributed by atoms with van der Waals surface area (Å²) in [5.74, 6) is -0.891. The predicted octanol–water partition coefficient (Wildman–Crippen LogP) is 2.52. The van der Waals surface area contributed by atoms with Gasteiger partial charge in [0.1, 0.15) is 0 Å². The van der Waals surface area contributed by atoms with E-state index in [1.807, 2.05) is 24.3 Å². The fraction of sp³-hybridized carbons (Fsp3) is 0.300. The first-order valence-electron chi connectivity index (χ1n) is 4.18. The topological polar surface area (TPSA) is 63.3 Å². The van der Waals surface area contributed by atoms with Crippen molar-refractivity contribution in [2.45, 2.75) is 18.9 Å². The third-order valence-corrected chi connectivity index (χ3v) is 2.55. The van der Waals surface area contributed by atoms with Crippen LogP contribution in [0.1, 0.15) is 18.9 Å². The largest absolute Gasteiger partial charge is 0.481 e. The molecule has 0 spiro atoms. The fourth-order valence-corrected chi connectivity index (χ4v) is 1.51. The smallest absolute Gasteiger partial charge is 0.305 e. The lowest BCUT2D eigenvalue weighted by Gasteiger charge is -2.22. The third kappa shape index (κ3) is 4.20. The standard InChI is InChI=1S/C10H12BrNO2.ClH/c1-10(12,6-9(13)14)7-2-4-8(11)5-3-7;/h2-5H,6,12H2,1H3,(H,13,14);1H. The molecule has 5 heteroatoms. The molecular weight excluding hydrogens is 281 g/mol. The van der Waals surface area contributed by atoms with Gasteiger partial charge in [0.2, 0.25) is 0 Å². The van der Waals surface area contributed by atoms with Crippen LogP contribution >= 0.6 is 28.3 Å². The highest BCUT2D eigenvalue weighted by molar-refractivity contribution is 9.10. The van der Waals surface area contributed by atoms with Crippen molar-refractivity contribution in [3.8, 4) is 0 Å². The Kier molecular flexibility index (Phi) is 5.28. The molecule has 0 aliphatic rings. The zero-order chi connectivity index (χ0) is 10.8. The lowest BCUT2D eigenvalue weighted by molar-refractivity contribution is -0.138. The second kappa shape index (κ2) is 5.49. The molecule has 0 aliphatic carbocycles. The second-order valence-electron chi connectivity index (χ2n) is 3.49. The number of carboxylic acids is 1. The van der Waals surface area contributed by atoms with E-state index in [0.29, 0.717) is 0 Å². The molecular formula is C10H13BrClNO2. The lowest BCUT2D eigenvalue weighted by Crippen LogP contribution is -2.35. The SMILES string of the molecule is CC(N)(CC(=O)O)c1ccc(Br)cc1.Cl. The van der Waals surface area contributed by atoms with Crippen LogP contribution in [0.3, 0.4) is 0 Å². The number of hydrogen-bond acceptors (Lipinski definition) is 2. The number of aliphatic carboxylic acids is 1. The van der Waals surface area contributed by atoms with Crippen molar-refractivity contribution in [2.75, 3.05) is 0 Å². The molecule has 1 rings (SSSR count). The first-order chi connectivity index (χ1) is 6.42. The summed E-state index contributed by atoms with van der Waals surface area (Å²) in [5.41, 5.74) is 5.90. The van der Waals surface area contributed by atoms with Gasteiger partial charge in [0.25, 0.3) is 0 Å². The van der Waals surface area contributed by atoms with Crippen LogP contribution in [0.5, 0.6) is 0 Å². The maximum absolute atomic E-state index is 10.6. The van der Waals surface area contributed by atoms with E-state index in [1.165, 1.54) is 0 Å². The van der Waals surface area contributed by atoms with Crippen molar-refractivity contribution in [3.63, 3.8) is 0 Å². The van der Waals surface area contributed by atoms with Crippen molar-refractivity contribution in [1.29, 1.82) is 0 Å². The summed E-state index contributed by atoms with van der Waals surface area (Å²) in [4.78, 5) is 10.6. The first kappa shape index (κ1) is 14.4. The van der Waals surface area contributed by atoms with Gasteiger partial charge < -0.3 is 10.8 Å². The highest BCUT2D eigenvalue weighted by Gasteiger charge is 2.24. The molecule has 15 heavy (non-hydrogen) atoms. The maximum Gasteiger partial charge on any atom is 0.305 e. The van der Waals surface area contributed by atoms with E-state index < -0.39 is 11.5 Å². The monoisotopic (exact) mass is 293 g/mol. The van der Waals surface area contributed by atoms with Crippen LogP contribution in [0.2, 0.25) is 0 Å². The first-order valence-corrected chi connectivity index (χ1v) is 4.98. The third-order valence-electron chi connectivity index (χ3n) is 2.02. The van der Waals surface area contributed by atoms with Gasteiger partial charge in [-0.05, 0) is 24.6 Å². The number of benzene rings is 1. The number of hydrogen-bond donors (Lipinski definition) is 2. The molecule has 0 radical (unpaired) electrons. The summed E-state index contributed by atoms with van der Waals surface area (Å²) in [7, 11) is 0. The minimum absolute atomic E-state index is 0. The number of rotatable bonds is 3. The number of nitrogens with two attached hydrogens (primary N) is 1. The van der Waals surface area contributed by atoms with Crippen LogP contribution in [0.4, 0.5) is 0 Å². The summed E-state index contributed by atoms with van der Waals surface area (Å²) in [6.45, 7) is 1.71.